The second-order valence-electron chi connectivity index (χ2n) is 16.2. The Labute approximate surface area is 311 Å². The molecule has 4 fully saturated rings. The summed E-state index contributed by atoms with van der Waals surface area (Å²) in [4.78, 5) is 28.1. The van der Waals surface area contributed by atoms with Gasteiger partial charge in [0.1, 0.15) is 24.4 Å². The van der Waals surface area contributed by atoms with Crippen molar-refractivity contribution in [1.29, 1.82) is 0 Å². The van der Waals surface area contributed by atoms with E-state index in [9.17, 15) is 9.59 Å². The highest BCUT2D eigenvalue weighted by molar-refractivity contribution is 5.99. The van der Waals surface area contributed by atoms with Gasteiger partial charge in [-0.1, -0.05) is 43.7 Å². The topological polar surface area (TPSA) is 108 Å². The molecule has 1 unspecified atom stereocenters. The molecule has 0 N–H and O–H groups in total. The standard InChI is InChI=1S/C42H64O10/c1-9-23(3)27-15-17-37(48-22-27)52-35-13-11-12-28(10-2)50-36(43)21-33-30-16-14-26-18-29(19-31(26)32(30)20-34(33)38(44)24(35)4)51-42-41(47-8)40(46-7)39(45-6)25(5)49-42/h9,14,16,20,24-33,35,37,39-42H,10-13,15,17-19,21-22H2,1-8H3/t24-,25+,26-,27+,28+,29-,30-,31-,32-,33+,35+,37?,39+,40-,41-,42+/m1/s1. The first-order chi connectivity index (χ1) is 25.1. The van der Waals surface area contributed by atoms with Crippen molar-refractivity contribution < 1.29 is 47.5 Å². The molecule has 52 heavy (non-hydrogen) atoms. The molecule has 0 radical (unpaired) electrons. The minimum atomic E-state index is -0.593. The predicted molar refractivity (Wildman–Crippen MR) is 195 cm³/mol. The van der Waals surface area contributed by atoms with Crippen LogP contribution in [0.5, 0.6) is 0 Å². The highest BCUT2D eigenvalue weighted by atomic mass is 16.7. The maximum Gasteiger partial charge on any atom is 0.306 e. The maximum atomic E-state index is 14.6. The van der Waals surface area contributed by atoms with Crippen molar-refractivity contribution in [1.82, 2.24) is 0 Å². The van der Waals surface area contributed by atoms with Gasteiger partial charge in [-0.3, -0.25) is 9.59 Å². The van der Waals surface area contributed by atoms with Crippen LogP contribution in [0, 0.1) is 41.4 Å². The van der Waals surface area contributed by atoms with Crippen molar-refractivity contribution in [3.63, 3.8) is 0 Å². The van der Waals surface area contributed by atoms with Gasteiger partial charge >= 0.3 is 5.97 Å². The molecule has 292 valence electrons. The van der Waals surface area contributed by atoms with Crippen LogP contribution in [-0.4, -0.2) is 95.0 Å². The Bertz CT molecular complexity index is 1320. The SMILES string of the molecule is CC=C(C)[C@H]1CCC(O[C@H]2CCC[C@H](CC)OC(=O)C[C@@H]3C(=C[C@@H]4[C@H]3C=C[C@@H]3C[C@@H](O[C@@H]5O[C@@H](C)[C@H](OC)[C@@H](OC)[C@H]5OC)C[C@@H]43)C(=O)[C@@H]2C)OC1. The molecule has 6 aliphatic rings. The Kier molecular flexibility index (Phi) is 13.5. The van der Waals surface area contributed by atoms with Crippen LogP contribution in [0.15, 0.2) is 35.5 Å². The van der Waals surface area contributed by atoms with Crippen LogP contribution in [0.2, 0.25) is 0 Å². The zero-order chi connectivity index (χ0) is 37.1. The van der Waals surface area contributed by atoms with E-state index >= 15 is 0 Å². The molecule has 3 heterocycles. The van der Waals surface area contributed by atoms with Crippen molar-refractivity contribution in [2.24, 2.45) is 41.4 Å². The van der Waals surface area contributed by atoms with E-state index < -0.39 is 12.4 Å². The summed E-state index contributed by atoms with van der Waals surface area (Å²) in [5.74, 6) is 0.458. The third-order valence-electron chi connectivity index (χ3n) is 13.3. The summed E-state index contributed by atoms with van der Waals surface area (Å²) in [5, 5.41) is 0. The van der Waals surface area contributed by atoms with Gasteiger partial charge in [0.15, 0.2) is 18.4 Å². The minimum Gasteiger partial charge on any atom is -0.462 e. The summed E-state index contributed by atoms with van der Waals surface area (Å²) < 4.78 is 49.4. The molecule has 0 aromatic rings. The van der Waals surface area contributed by atoms with Gasteiger partial charge in [-0.2, -0.15) is 0 Å². The smallest absolute Gasteiger partial charge is 0.306 e. The van der Waals surface area contributed by atoms with Crippen LogP contribution >= 0.6 is 0 Å². The highest BCUT2D eigenvalue weighted by Crippen LogP contribution is 2.54. The van der Waals surface area contributed by atoms with Gasteiger partial charge in [0.25, 0.3) is 0 Å². The molecule has 10 heteroatoms. The van der Waals surface area contributed by atoms with E-state index in [-0.39, 0.29) is 90.7 Å². The van der Waals surface area contributed by atoms with Gasteiger partial charge in [-0.25, -0.2) is 0 Å². The molecule has 3 aliphatic heterocycles. The molecular formula is C42H64O10. The highest BCUT2D eigenvalue weighted by Gasteiger charge is 2.52. The van der Waals surface area contributed by atoms with Gasteiger partial charge in [0.05, 0.1) is 31.3 Å². The summed E-state index contributed by atoms with van der Waals surface area (Å²) >= 11 is 0. The largest absolute Gasteiger partial charge is 0.462 e. The minimum absolute atomic E-state index is 0.0487. The number of fused-ring (bicyclic) bond motifs is 5. The molecular weight excluding hydrogens is 664 g/mol. The van der Waals surface area contributed by atoms with Crippen molar-refractivity contribution in [2.45, 2.75) is 148 Å². The lowest BCUT2D eigenvalue weighted by molar-refractivity contribution is -0.314. The molecule has 3 aliphatic carbocycles. The molecule has 3 saturated heterocycles. The van der Waals surface area contributed by atoms with E-state index in [1.54, 1.807) is 21.3 Å². The third-order valence-corrected chi connectivity index (χ3v) is 13.3. The number of carbonyl (C=O) groups is 2. The zero-order valence-electron chi connectivity index (χ0n) is 32.7. The predicted octanol–water partition coefficient (Wildman–Crippen LogP) is 6.75. The second kappa shape index (κ2) is 17.7. The molecule has 6 rings (SSSR count). The fourth-order valence-electron chi connectivity index (χ4n) is 10.1. The Morgan fingerprint density at radius 1 is 0.923 bits per heavy atom. The van der Waals surface area contributed by atoms with Crippen molar-refractivity contribution in [3.05, 3.63) is 35.5 Å². The molecule has 10 nitrogen and oxygen atoms in total. The number of rotatable bonds is 9. The van der Waals surface area contributed by atoms with Crippen LogP contribution in [0.25, 0.3) is 0 Å². The molecule has 0 spiro atoms. The van der Waals surface area contributed by atoms with E-state index in [0.29, 0.717) is 24.9 Å². The first kappa shape index (κ1) is 39.8. The van der Waals surface area contributed by atoms with Crippen molar-refractivity contribution >= 4 is 11.8 Å². The fourth-order valence-corrected chi connectivity index (χ4v) is 10.1. The maximum absolute atomic E-state index is 14.6. The first-order valence-electron chi connectivity index (χ1n) is 20.0. The Morgan fingerprint density at radius 3 is 2.37 bits per heavy atom. The lowest BCUT2D eigenvalue weighted by Crippen LogP contribution is -2.59. The summed E-state index contributed by atoms with van der Waals surface area (Å²) in [6.07, 6.45) is 13.1. The first-order valence-corrected chi connectivity index (χ1v) is 20.0. The number of methoxy groups -OCH3 is 3. The van der Waals surface area contributed by atoms with Crippen LogP contribution in [-0.2, 0) is 47.5 Å². The zero-order valence-corrected chi connectivity index (χ0v) is 32.7. The lowest BCUT2D eigenvalue weighted by Gasteiger charge is -2.44. The Hall–Kier alpha value is -1.92. The molecule has 1 saturated carbocycles. The number of carbonyl (C=O) groups excluding carboxylic acids is 2. The van der Waals surface area contributed by atoms with Crippen molar-refractivity contribution in [3.8, 4) is 0 Å². The molecule has 16 atom stereocenters. The number of allylic oxidation sites excluding steroid dienone is 5. The van der Waals surface area contributed by atoms with Crippen LogP contribution < -0.4 is 0 Å². The second-order valence-corrected chi connectivity index (χ2v) is 16.2. The molecule has 0 aromatic heterocycles. The van der Waals surface area contributed by atoms with Gasteiger partial charge in [-0.05, 0) is 101 Å². The number of hydrogen-bond acceptors (Lipinski definition) is 10. The van der Waals surface area contributed by atoms with Crippen molar-refractivity contribution in [2.75, 3.05) is 27.9 Å². The fraction of sp³-hybridized carbons (Fsp3) is 0.810. The number of ketones is 1. The van der Waals surface area contributed by atoms with Gasteiger partial charge in [-0.15, -0.1) is 0 Å². The van der Waals surface area contributed by atoms with Crippen LogP contribution in [0.1, 0.15) is 92.4 Å². The monoisotopic (exact) mass is 728 g/mol. The Balaban J connectivity index is 1.20. The summed E-state index contributed by atoms with van der Waals surface area (Å²) in [5.41, 5.74) is 2.11. The summed E-state index contributed by atoms with van der Waals surface area (Å²) in [6, 6.07) is 0. The molecule has 0 bridgehead atoms. The third kappa shape index (κ3) is 8.33. The van der Waals surface area contributed by atoms with E-state index in [1.165, 1.54) is 5.57 Å². The number of hydrogen-bond donors (Lipinski definition) is 0. The number of esters is 1. The van der Waals surface area contributed by atoms with Crippen LogP contribution in [0.3, 0.4) is 0 Å². The number of cyclic esters (lactones) is 1. The quantitative estimate of drug-likeness (QED) is 0.187. The summed E-state index contributed by atoms with van der Waals surface area (Å²) in [6.45, 7) is 10.9. The normalized spacial score (nSPS) is 44.5. The molecule has 0 amide bonds. The van der Waals surface area contributed by atoms with E-state index in [0.717, 1.165) is 50.5 Å². The van der Waals surface area contributed by atoms with E-state index in [4.69, 9.17) is 37.9 Å². The van der Waals surface area contributed by atoms with E-state index in [1.807, 2.05) is 13.8 Å². The number of Topliss-reactive ketones (excluding diaryl/α,β-unsaturated/α-hetero) is 1. The van der Waals surface area contributed by atoms with Crippen LogP contribution in [0.4, 0.5) is 0 Å². The lowest BCUT2D eigenvalue weighted by atomic mass is 9.70. The Morgan fingerprint density at radius 2 is 1.69 bits per heavy atom. The molecule has 0 aromatic carbocycles. The van der Waals surface area contributed by atoms with E-state index in [2.05, 4.69) is 45.1 Å². The average Bonchev–Trinajstić information content (AvgIpc) is 3.73. The summed E-state index contributed by atoms with van der Waals surface area (Å²) in [7, 11) is 4.97. The number of ether oxygens (including phenoxy) is 8. The van der Waals surface area contributed by atoms with Gasteiger partial charge < -0.3 is 37.9 Å². The van der Waals surface area contributed by atoms with Gasteiger partial charge in [0, 0.05) is 39.1 Å². The van der Waals surface area contributed by atoms with Gasteiger partial charge in [0.2, 0.25) is 0 Å². The average molecular weight is 729 g/mol.